The van der Waals surface area contributed by atoms with Gasteiger partial charge in [-0.15, -0.1) is 0 Å². The van der Waals surface area contributed by atoms with Gasteiger partial charge in [0.1, 0.15) is 0 Å². The fourth-order valence-corrected chi connectivity index (χ4v) is 3.82. The quantitative estimate of drug-likeness (QED) is 0.696. The molecule has 2 atom stereocenters. The summed E-state index contributed by atoms with van der Waals surface area (Å²) in [7, 11) is 0. The predicted octanol–water partition coefficient (Wildman–Crippen LogP) is 3.57. The van der Waals surface area contributed by atoms with E-state index in [1.165, 1.54) is 21.2 Å². The van der Waals surface area contributed by atoms with Crippen molar-refractivity contribution in [3.05, 3.63) is 48.0 Å². The van der Waals surface area contributed by atoms with Crippen molar-refractivity contribution in [3.8, 4) is 0 Å². The Bertz CT molecular complexity index is 695. The van der Waals surface area contributed by atoms with Crippen LogP contribution in [0.4, 0.5) is 0 Å². The molecule has 1 fully saturated rings. The standard InChI is InChI=1S/C18H20N2OS/c19-18(22)20(12-21)15-8-3-7-14(11-15)17-10-4-6-13-5-1-2-9-16(13)17/h1-2,4-6,9-10,12,14-15H,3,7-8,11H2,(H2,19,22). The minimum absolute atomic E-state index is 0.118. The fourth-order valence-electron chi connectivity index (χ4n) is 3.62. The summed E-state index contributed by atoms with van der Waals surface area (Å²) >= 11 is 5.00. The number of carbonyl (C=O) groups is 1. The van der Waals surface area contributed by atoms with Crippen molar-refractivity contribution >= 4 is 34.5 Å². The molecule has 0 bridgehead atoms. The van der Waals surface area contributed by atoms with Gasteiger partial charge in [-0.05, 0) is 53.7 Å². The largest absolute Gasteiger partial charge is 0.376 e. The molecule has 1 saturated carbocycles. The summed E-state index contributed by atoms with van der Waals surface area (Å²) in [5.74, 6) is 0.446. The van der Waals surface area contributed by atoms with E-state index in [-0.39, 0.29) is 11.2 Å². The highest BCUT2D eigenvalue weighted by Crippen LogP contribution is 2.37. The number of nitrogens with two attached hydrogens (primary N) is 1. The van der Waals surface area contributed by atoms with E-state index in [2.05, 4.69) is 42.5 Å². The van der Waals surface area contributed by atoms with Gasteiger partial charge < -0.3 is 5.73 Å². The maximum absolute atomic E-state index is 11.3. The van der Waals surface area contributed by atoms with Crippen molar-refractivity contribution in [2.24, 2.45) is 5.73 Å². The first-order valence-electron chi connectivity index (χ1n) is 7.71. The third kappa shape index (κ3) is 2.83. The van der Waals surface area contributed by atoms with Gasteiger partial charge in [0.2, 0.25) is 6.41 Å². The Kier molecular flexibility index (Phi) is 4.39. The van der Waals surface area contributed by atoms with Gasteiger partial charge in [-0.1, -0.05) is 48.9 Å². The van der Waals surface area contributed by atoms with Crippen molar-refractivity contribution in [3.63, 3.8) is 0 Å². The number of hydrogen-bond acceptors (Lipinski definition) is 2. The minimum atomic E-state index is 0.118. The Labute approximate surface area is 136 Å². The highest BCUT2D eigenvalue weighted by Gasteiger charge is 2.28. The van der Waals surface area contributed by atoms with E-state index in [0.29, 0.717) is 5.92 Å². The Morgan fingerprint density at radius 3 is 2.73 bits per heavy atom. The maximum atomic E-state index is 11.3. The molecule has 1 amide bonds. The molecule has 0 aromatic heterocycles. The van der Waals surface area contributed by atoms with Gasteiger partial charge >= 0.3 is 0 Å². The number of hydrogen-bond donors (Lipinski definition) is 1. The molecule has 0 aliphatic heterocycles. The van der Waals surface area contributed by atoms with E-state index in [0.717, 1.165) is 32.1 Å². The van der Waals surface area contributed by atoms with Gasteiger partial charge in [0.25, 0.3) is 0 Å². The lowest BCUT2D eigenvalue weighted by atomic mass is 9.79. The highest BCUT2D eigenvalue weighted by atomic mass is 32.1. The normalized spacial score (nSPS) is 21.5. The van der Waals surface area contributed by atoms with E-state index in [4.69, 9.17) is 18.0 Å². The lowest BCUT2D eigenvalue weighted by molar-refractivity contribution is -0.116. The molecule has 0 spiro atoms. The molecule has 22 heavy (non-hydrogen) atoms. The Morgan fingerprint density at radius 1 is 1.18 bits per heavy atom. The Balaban J connectivity index is 1.91. The lowest BCUT2D eigenvalue weighted by Gasteiger charge is -2.35. The van der Waals surface area contributed by atoms with Gasteiger partial charge in [0, 0.05) is 6.04 Å². The summed E-state index contributed by atoms with van der Waals surface area (Å²) in [5.41, 5.74) is 7.05. The highest BCUT2D eigenvalue weighted by molar-refractivity contribution is 7.80. The molecular formula is C18H20N2OS. The molecule has 3 rings (SSSR count). The summed E-state index contributed by atoms with van der Waals surface area (Å²) in [5, 5.41) is 2.76. The van der Waals surface area contributed by atoms with Crippen LogP contribution in [-0.4, -0.2) is 22.5 Å². The van der Waals surface area contributed by atoms with Crippen molar-refractivity contribution in [2.75, 3.05) is 0 Å². The zero-order valence-corrected chi connectivity index (χ0v) is 13.3. The second-order valence-electron chi connectivity index (χ2n) is 5.94. The lowest BCUT2D eigenvalue weighted by Crippen LogP contribution is -2.44. The summed E-state index contributed by atoms with van der Waals surface area (Å²) < 4.78 is 0. The van der Waals surface area contributed by atoms with Crippen LogP contribution in [0, 0.1) is 0 Å². The summed E-state index contributed by atoms with van der Waals surface area (Å²) in [4.78, 5) is 12.8. The van der Waals surface area contributed by atoms with E-state index in [9.17, 15) is 4.79 Å². The topological polar surface area (TPSA) is 46.3 Å². The molecule has 2 aromatic rings. The van der Waals surface area contributed by atoms with Crippen molar-refractivity contribution < 1.29 is 4.79 Å². The van der Waals surface area contributed by atoms with Gasteiger partial charge in [0.05, 0.1) is 0 Å². The van der Waals surface area contributed by atoms with Crippen LogP contribution < -0.4 is 5.73 Å². The van der Waals surface area contributed by atoms with Crippen molar-refractivity contribution in [1.82, 2.24) is 4.90 Å². The van der Waals surface area contributed by atoms with Crippen LogP contribution in [0.1, 0.15) is 37.2 Å². The molecule has 4 heteroatoms. The van der Waals surface area contributed by atoms with E-state index < -0.39 is 0 Å². The molecule has 0 heterocycles. The Morgan fingerprint density at radius 2 is 1.95 bits per heavy atom. The van der Waals surface area contributed by atoms with Gasteiger partial charge in [-0.25, -0.2) is 0 Å². The fraction of sp³-hybridized carbons (Fsp3) is 0.333. The van der Waals surface area contributed by atoms with E-state index in [1.54, 1.807) is 0 Å². The molecule has 0 saturated heterocycles. The second kappa shape index (κ2) is 6.44. The number of thiocarbonyl (C=S) groups is 1. The molecule has 3 nitrogen and oxygen atoms in total. The third-order valence-corrected chi connectivity index (χ3v) is 4.88. The van der Waals surface area contributed by atoms with Gasteiger partial charge in [-0.3, -0.25) is 9.69 Å². The molecule has 1 aliphatic rings. The van der Waals surface area contributed by atoms with Crippen LogP contribution in [0.2, 0.25) is 0 Å². The van der Waals surface area contributed by atoms with Crippen LogP contribution in [0.15, 0.2) is 42.5 Å². The molecule has 2 aromatic carbocycles. The smallest absolute Gasteiger partial charge is 0.216 e. The van der Waals surface area contributed by atoms with Gasteiger partial charge in [0.15, 0.2) is 5.11 Å². The molecule has 114 valence electrons. The van der Waals surface area contributed by atoms with Crippen LogP contribution in [0.3, 0.4) is 0 Å². The molecular weight excluding hydrogens is 292 g/mol. The molecule has 0 radical (unpaired) electrons. The summed E-state index contributed by atoms with van der Waals surface area (Å²) in [6, 6.07) is 15.1. The SMILES string of the molecule is NC(=S)N(C=O)C1CCCC(c2cccc3ccccc23)C1. The predicted molar refractivity (Wildman–Crippen MR) is 93.6 cm³/mol. The number of carbonyl (C=O) groups excluding carboxylic acids is 1. The first-order chi connectivity index (χ1) is 10.7. The zero-order valence-electron chi connectivity index (χ0n) is 12.4. The van der Waals surface area contributed by atoms with Gasteiger partial charge in [-0.2, -0.15) is 0 Å². The third-order valence-electron chi connectivity index (χ3n) is 4.67. The van der Waals surface area contributed by atoms with Crippen molar-refractivity contribution in [1.29, 1.82) is 0 Å². The van der Waals surface area contributed by atoms with Crippen LogP contribution in [0.25, 0.3) is 10.8 Å². The average molecular weight is 312 g/mol. The zero-order chi connectivity index (χ0) is 15.5. The number of benzene rings is 2. The summed E-state index contributed by atoms with van der Waals surface area (Å²) in [6.45, 7) is 0. The maximum Gasteiger partial charge on any atom is 0.216 e. The average Bonchev–Trinajstić information content (AvgIpc) is 2.55. The van der Waals surface area contributed by atoms with Crippen LogP contribution in [-0.2, 0) is 4.79 Å². The number of rotatable bonds is 3. The van der Waals surface area contributed by atoms with E-state index >= 15 is 0 Å². The van der Waals surface area contributed by atoms with Crippen molar-refractivity contribution in [2.45, 2.75) is 37.6 Å². The molecule has 1 aliphatic carbocycles. The number of fused-ring (bicyclic) bond motifs is 1. The van der Waals surface area contributed by atoms with Crippen LogP contribution in [0.5, 0.6) is 0 Å². The second-order valence-corrected chi connectivity index (χ2v) is 6.35. The summed E-state index contributed by atoms with van der Waals surface area (Å²) in [6.07, 6.45) is 4.90. The molecule has 2 unspecified atom stereocenters. The first-order valence-corrected chi connectivity index (χ1v) is 8.12. The minimum Gasteiger partial charge on any atom is -0.376 e. The number of amides is 1. The number of nitrogens with zero attached hydrogens (tertiary/aromatic N) is 1. The Hall–Kier alpha value is -1.94. The monoisotopic (exact) mass is 312 g/mol. The molecule has 2 N–H and O–H groups in total. The van der Waals surface area contributed by atoms with E-state index in [1.807, 2.05) is 0 Å². The first kappa shape index (κ1) is 15.0. The van der Waals surface area contributed by atoms with Crippen LogP contribution >= 0.6 is 12.2 Å².